The zero-order valence-corrected chi connectivity index (χ0v) is 9.24. The Morgan fingerprint density at radius 1 is 0.941 bits per heavy atom. The van der Waals surface area contributed by atoms with Crippen molar-refractivity contribution < 1.29 is 4.42 Å². The highest BCUT2D eigenvalue weighted by Gasteiger charge is 1.88. The number of hydrogen-bond donors (Lipinski definition) is 0. The molecule has 0 bridgehead atoms. The van der Waals surface area contributed by atoms with Gasteiger partial charge in [-0.3, -0.25) is 4.79 Å². The molecular formula is C15H12O2. The van der Waals surface area contributed by atoms with Gasteiger partial charge in [0.15, 0.2) is 5.43 Å². The molecule has 0 spiro atoms. The standard InChI is InChI=1S/C15H12O2/c16-14-10-11-17-15(12-14)9-5-4-8-13-6-2-1-3-7-13/h1-12H/b8-4+,9-5+. The van der Waals surface area contributed by atoms with Gasteiger partial charge in [-0.25, -0.2) is 0 Å². The summed E-state index contributed by atoms with van der Waals surface area (Å²) in [4.78, 5) is 11.0. The lowest BCUT2D eigenvalue weighted by atomic mass is 10.2. The van der Waals surface area contributed by atoms with Gasteiger partial charge in [-0.05, 0) is 11.6 Å². The molecule has 1 aromatic heterocycles. The summed E-state index contributed by atoms with van der Waals surface area (Å²) in [7, 11) is 0. The van der Waals surface area contributed by atoms with Crippen LogP contribution >= 0.6 is 0 Å². The van der Waals surface area contributed by atoms with E-state index in [-0.39, 0.29) is 5.43 Å². The summed E-state index contributed by atoms with van der Waals surface area (Å²) >= 11 is 0. The molecule has 0 fully saturated rings. The van der Waals surface area contributed by atoms with Gasteiger partial charge in [-0.2, -0.15) is 0 Å². The van der Waals surface area contributed by atoms with Crippen molar-refractivity contribution in [2.24, 2.45) is 0 Å². The summed E-state index contributed by atoms with van der Waals surface area (Å²) in [6.07, 6.45) is 8.87. The highest BCUT2D eigenvalue weighted by atomic mass is 16.3. The second-order valence-corrected chi connectivity index (χ2v) is 3.50. The molecule has 0 saturated carbocycles. The summed E-state index contributed by atoms with van der Waals surface area (Å²) in [5, 5.41) is 0. The summed E-state index contributed by atoms with van der Waals surface area (Å²) in [6, 6.07) is 12.8. The van der Waals surface area contributed by atoms with Crippen molar-refractivity contribution in [3.8, 4) is 0 Å². The molecule has 0 unspecified atom stereocenters. The maximum Gasteiger partial charge on any atom is 0.185 e. The van der Waals surface area contributed by atoms with E-state index in [0.29, 0.717) is 5.76 Å². The second-order valence-electron chi connectivity index (χ2n) is 3.50. The van der Waals surface area contributed by atoms with E-state index in [2.05, 4.69) is 0 Å². The van der Waals surface area contributed by atoms with Gasteiger partial charge in [0, 0.05) is 12.1 Å². The van der Waals surface area contributed by atoms with Crippen LogP contribution in [0.25, 0.3) is 12.2 Å². The zero-order valence-electron chi connectivity index (χ0n) is 9.24. The first kappa shape index (κ1) is 11.1. The predicted molar refractivity (Wildman–Crippen MR) is 69.5 cm³/mol. The fourth-order valence-corrected chi connectivity index (χ4v) is 1.37. The van der Waals surface area contributed by atoms with Crippen molar-refractivity contribution in [1.29, 1.82) is 0 Å². The first-order valence-corrected chi connectivity index (χ1v) is 5.33. The molecule has 0 saturated heterocycles. The molecule has 84 valence electrons. The Bertz CT molecular complexity index is 577. The minimum atomic E-state index is -0.0528. The van der Waals surface area contributed by atoms with E-state index >= 15 is 0 Å². The molecule has 0 amide bonds. The number of rotatable bonds is 3. The smallest absolute Gasteiger partial charge is 0.185 e. The summed E-state index contributed by atoms with van der Waals surface area (Å²) in [5.74, 6) is 0.551. The van der Waals surface area contributed by atoms with Crippen LogP contribution in [0.5, 0.6) is 0 Å². The predicted octanol–water partition coefficient (Wildman–Crippen LogP) is 3.37. The molecule has 2 heteroatoms. The minimum Gasteiger partial charge on any atom is -0.465 e. The zero-order chi connectivity index (χ0) is 11.9. The van der Waals surface area contributed by atoms with Gasteiger partial charge in [0.1, 0.15) is 5.76 Å². The molecule has 17 heavy (non-hydrogen) atoms. The van der Waals surface area contributed by atoms with Gasteiger partial charge in [-0.15, -0.1) is 0 Å². The van der Waals surface area contributed by atoms with Crippen LogP contribution in [0.3, 0.4) is 0 Å². The Hall–Kier alpha value is -2.35. The van der Waals surface area contributed by atoms with Crippen molar-refractivity contribution in [3.63, 3.8) is 0 Å². The highest BCUT2D eigenvalue weighted by Crippen LogP contribution is 2.02. The molecule has 0 radical (unpaired) electrons. The number of allylic oxidation sites excluding steroid dienone is 2. The number of hydrogen-bond acceptors (Lipinski definition) is 2. The third kappa shape index (κ3) is 3.61. The molecule has 0 aliphatic carbocycles. The van der Waals surface area contributed by atoms with E-state index < -0.39 is 0 Å². The topological polar surface area (TPSA) is 30.2 Å². The lowest BCUT2D eigenvalue weighted by Crippen LogP contribution is -1.94. The summed E-state index contributed by atoms with van der Waals surface area (Å²) < 4.78 is 5.14. The van der Waals surface area contributed by atoms with E-state index in [9.17, 15) is 4.79 Å². The first-order chi connectivity index (χ1) is 8.34. The third-order valence-electron chi connectivity index (χ3n) is 2.18. The molecule has 0 N–H and O–H groups in total. The van der Waals surface area contributed by atoms with Gasteiger partial charge < -0.3 is 4.42 Å². The van der Waals surface area contributed by atoms with Crippen molar-refractivity contribution in [2.45, 2.75) is 0 Å². The molecular weight excluding hydrogens is 212 g/mol. The van der Waals surface area contributed by atoms with Crippen LogP contribution < -0.4 is 5.43 Å². The Morgan fingerprint density at radius 2 is 1.71 bits per heavy atom. The maximum atomic E-state index is 11.0. The maximum absolute atomic E-state index is 11.0. The number of benzene rings is 1. The summed E-state index contributed by atoms with van der Waals surface area (Å²) in [6.45, 7) is 0. The Kier molecular flexibility index (Phi) is 3.71. The van der Waals surface area contributed by atoms with Gasteiger partial charge in [0.25, 0.3) is 0 Å². The normalized spacial score (nSPS) is 11.3. The van der Waals surface area contributed by atoms with Crippen molar-refractivity contribution in [2.75, 3.05) is 0 Å². The molecule has 1 heterocycles. The molecule has 0 atom stereocenters. The van der Waals surface area contributed by atoms with Crippen LogP contribution in [0.15, 0.2) is 70.1 Å². The molecule has 1 aromatic carbocycles. The highest BCUT2D eigenvalue weighted by molar-refractivity contribution is 5.54. The van der Waals surface area contributed by atoms with Gasteiger partial charge in [0.05, 0.1) is 6.26 Å². The largest absolute Gasteiger partial charge is 0.465 e. The molecule has 2 aromatic rings. The lowest BCUT2D eigenvalue weighted by molar-refractivity contribution is 0.538. The molecule has 2 nitrogen and oxygen atoms in total. The lowest BCUT2D eigenvalue weighted by Gasteiger charge is -1.90. The van der Waals surface area contributed by atoms with Gasteiger partial charge >= 0.3 is 0 Å². The average Bonchev–Trinajstić information content (AvgIpc) is 2.36. The second kappa shape index (κ2) is 5.66. The first-order valence-electron chi connectivity index (χ1n) is 5.33. The van der Waals surface area contributed by atoms with E-state index in [0.717, 1.165) is 5.56 Å². The van der Waals surface area contributed by atoms with Crippen LogP contribution in [-0.4, -0.2) is 0 Å². The van der Waals surface area contributed by atoms with Crippen LogP contribution in [0.4, 0.5) is 0 Å². The molecule has 0 aliphatic heterocycles. The molecule has 0 aliphatic rings. The van der Waals surface area contributed by atoms with Gasteiger partial charge in [0.2, 0.25) is 0 Å². The van der Waals surface area contributed by atoms with E-state index in [4.69, 9.17) is 4.42 Å². The minimum absolute atomic E-state index is 0.0528. The summed E-state index contributed by atoms with van der Waals surface area (Å²) in [5.41, 5.74) is 1.08. The van der Waals surface area contributed by atoms with Crippen molar-refractivity contribution >= 4 is 12.2 Å². The van der Waals surface area contributed by atoms with Crippen LogP contribution in [0, 0.1) is 0 Å². The Balaban J connectivity index is 2.03. The quantitative estimate of drug-likeness (QED) is 0.748. The van der Waals surface area contributed by atoms with Gasteiger partial charge in [-0.1, -0.05) is 48.6 Å². The van der Waals surface area contributed by atoms with E-state index in [1.807, 2.05) is 48.6 Å². The molecule has 2 rings (SSSR count). The van der Waals surface area contributed by atoms with E-state index in [1.54, 1.807) is 6.08 Å². The van der Waals surface area contributed by atoms with Crippen molar-refractivity contribution in [1.82, 2.24) is 0 Å². The fraction of sp³-hybridized carbons (Fsp3) is 0. The van der Waals surface area contributed by atoms with Crippen LogP contribution in [0.1, 0.15) is 11.3 Å². The average molecular weight is 224 g/mol. The van der Waals surface area contributed by atoms with E-state index in [1.165, 1.54) is 18.4 Å². The van der Waals surface area contributed by atoms with Crippen molar-refractivity contribution in [3.05, 3.63) is 82.4 Å². The Morgan fingerprint density at radius 3 is 2.47 bits per heavy atom. The van der Waals surface area contributed by atoms with Crippen LogP contribution in [-0.2, 0) is 0 Å². The van der Waals surface area contributed by atoms with Crippen LogP contribution in [0.2, 0.25) is 0 Å². The third-order valence-corrected chi connectivity index (χ3v) is 2.18. The monoisotopic (exact) mass is 224 g/mol. The fourth-order valence-electron chi connectivity index (χ4n) is 1.37. The SMILES string of the molecule is O=c1ccoc(/C=C/C=C/c2ccccc2)c1. The Labute approximate surface area is 99.5 Å².